The number of carboxylic acid groups (broad SMARTS) is 1. The van der Waals surface area contributed by atoms with Gasteiger partial charge in [-0.2, -0.15) is 0 Å². The highest BCUT2D eigenvalue weighted by molar-refractivity contribution is 5.94. The van der Waals surface area contributed by atoms with Gasteiger partial charge in [-0.15, -0.1) is 0 Å². The normalized spacial score (nSPS) is 18.2. The van der Waals surface area contributed by atoms with Gasteiger partial charge in [0, 0.05) is 25.7 Å². The van der Waals surface area contributed by atoms with Crippen LogP contribution in [-0.4, -0.2) is 53.3 Å². The van der Waals surface area contributed by atoms with Crippen molar-refractivity contribution in [2.45, 2.75) is 52.7 Å². The lowest BCUT2D eigenvalue weighted by atomic mass is 9.98. The third-order valence-electron chi connectivity index (χ3n) is 4.32. The monoisotopic (exact) mass is 362 g/mol. The van der Waals surface area contributed by atoms with Gasteiger partial charge in [-0.1, -0.05) is 26.0 Å². The Kier molecular flexibility index (Phi) is 6.16. The van der Waals surface area contributed by atoms with Crippen LogP contribution < -0.4 is 4.90 Å². The number of rotatable bonds is 4. The molecule has 0 bridgehead atoms. The summed E-state index contributed by atoms with van der Waals surface area (Å²) in [6, 6.07) is 7.12. The summed E-state index contributed by atoms with van der Waals surface area (Å²) in [5.41, 5.74) is 0.485. The second-order valence-electron chi connectivity index (χ2n) is 8.23. The standard InChI is InChI=1S/C20H30N2O4/c1-14(2)12-15-13-21(19(25)26-20(3,4)5)10-11-22(15)17-9-7-6-8-16(17)18(23)24/h6-9,14-15H,10-13H2,1-5H3,(H,23,24)/t15-/m0/s1. The zero-order valence-electron chi connectivity index (χ0n) is 16.4. The SMILES string of the molecule is CC(C)C[C@H]1CN(C(=O)OC(C)(C)C)CCN1c1ccccc1C(=O)O. The number of carbonyl (C=O) groups is 2. The van der Waals surface area contributed by atoms with Gasteiger partial charge in [-0.25, -0.2) is 9.59 Å². The first-order chi connectivity index (χ1) is 12.1. The Morgan fingerprint density at radius 2 is 1.88 bits per heavy atom. The fourth-order valence-electron chi connectivity index (χ4n) is 3.32. The number of hydrogen-bond acceptors (Lipinski definition) is 4. The topological polar surface area (TPSA) is 70.1 Å². The Hall–Kier alpha value is -2.24. The molecule has 6 heteroatoms. The van der Waals surface area contributed by atoms with E-state index in [1.807, 2.05) is 32.9 Å². The van der Waals surface area contributed by atoms with Crippen LogP contribution in [0.5, 0.6) is 0 Å². The maximum Gasteiger partial charge on any atom is 0.410 e. The molecular formula is C20H30N2O4. The Morgan fingerprint density at radius 1 is 1.23 bits per heavy atom. The van der Waals surface area contributed by atoms with E-state index in [4.69, 9.17) is 4.74 Å². The van der Waals surface area contributed by atoms with Crippen molar-refractivity contribution in [3.05, 3.63) is 29.8 Å². The molecule has 1 atom stereocenters. The predicted octanol–water partition coefficient (Wildman–Crippen LogP) is 3.86. The highest BCUT2D eigenvalue weighted by Crippen LogP contribution is 2.28. The second-order valence-corrected chi connectivity index (χ2v) is 8.23. The number of ether oxygens (including phenoxy) is 1. The lowest BCUT2D eigenvalue weighted by Gasteiger charge is -2.44. The second kappa shape index (κ2) is 7.98. The highest BCUT2D eigenvalue weighted by Gasteiger charge is 2.33. The quantitative estimate of drug-likeness (QED) is 0.881. The molecule has 0 aromatic heterocycles. The van der Waals surface area contributed by atoms with Crippen molar-refractivity contribution in [3.63, 3.8) is 0 Å². The maximum absolute atomic E-state index is 12.5. The van der Waals surface area contributed by atoms with Crippen molar-refractivity contribution >= 4 is 17.7 Å². The van der Waals surface area contributed by atoms with E-state index >= 15 is 0 Å². The molecule has 1 N–H and O–H groups in total. The minimum Gasteiger partial charge on any atom is -0.478 e. The summed E-state index contributed by atoms with van der Waals surface area (Å²) in [6.07, 6.45) is 0.560. The summed E-state index contributed by atoms with van der Waals surface area (Å²) in [5.74, 6) is -0.503. The Labute approximate surface area is 155 Å². The van der Waals surface area contributed by atoms with Crippen LogP contribution >= 0.6 is 0 Å². The van der Waals surface area contributed by atoms with Crippen LogP contribution in [0.4, 0.5) is 10.5 Å². The summed E-state index contributed by atoms with van der Waals surface area (Å²) in [7, 11) is 0. The summed E-state index contributed by atoms with van der Waals surface area (Å²) >= 11 is 0. The van der Waals surface area contributed by atoms with E-state index in [0.717, 1.165) is 12.1 Å². The number of carboxylic acids is 1. The minimum atomic E-state index is -0.932. The van der Waals surface area contributed by atoms with Crippen molar-refractivity contribution in [2.24, 2.45) is 5.92 Å². The number of para-hydroxylation sites is 1. The molecule has 0 saturated carbocycles. The Bertz CT molecular complexity index is 651. The van der Waals surface area contributed by atoms with Crippen molar-refractivity contribution in [1.82, 2.24) is 4.90 Å². The molecule has 1 aromatic carbocycles. The van der Waals surface area contributed by atoms with Crippen molar-refractivity contribution in [3.8, 4) is 0 Å². The van der Waals surface area contributed by atoms with Gasteiger partial charge in [0.05, 0.1) is 11.3 Å². The first kappa shape index (κ1) is 20.1. The fraction of sp³-hybridized carbons (Fsp3) is 0.600. The molecule has 1 aliphatic rings. The molecule has 1 aromatic rings. The predicted molar refractivity (Wildman–Crippen MR) is 102 cm³/mol. The van der Waals surface area contributed by atoms with Crippen LogP contribution in [-0.2, 0) is 4.74 Å². The summed E-state index contributed by atoms with van der Waals surface area (Å²) in [5, 5.41) is 9.52. The van der Waals surface area contributed by atoms with E-state index in [1.165, 1.54) is 0 Å². The van der Waals surface area contributed by atoms with Gasteiger partial charge < -0.3 is 19.6 Å². The van der Waals surface area contributed by atoms with Crippen LogP contribution in [0.25, 0.3) is 0 Å². The molecule has 144 valence electrons. The largest absolute Gasteiger partial charge is 0.478 e. The van der Waals surface area contributed by atoms with Gasteiger partial charge in [-0.05, 0) is 45.2 Å². The van der Waals surface area contributed by atoms with Gasteiger partial charge in [0.25, 0.3) is 0 Å². The smallest absolute Gasteiger partial charge is 0.410 e. The average Bonchev–Trinajstić information content (AvgIpc) is 2.52. The summed E-state index contributed by atoms with van der Waals surface area (Å²) in [4.78, 5) is 27.9. The number of nitrogens with zero attached hydrogens (tertiary/aromatic N) is 2. The molecular weight excluding hydrogens is 332 g/mol. The zero-order chi connectivity index (χ0) is 19.5. The third-order valence-corrected chi connectivity index (χ3v) is 4.32. The van der Waals surface area contributed by atoms with Crippen LogP contribution in [0.3, 0.4) is 0 Å². The number of amides is 1. The van der Waals surface area contributed by atoms with Crippen molar-refractivity contribution in [2.75, 3.05) is 24.5 Å². The number of anilines is 1. The van der Waals surface area contributed by atoms with Crippen LogP contribution in [0.2, 0.25) is 0 Å². The zero-order valence-corrected chi connectivity index (χ0v) is 16.4. The Balaban J connectivity index is 2.24. The van der Waals surface area contributed by atoms with E-state index in [9.17, 15) is 14.7 Å². The molecule has 2 rings (SSSR count). The average molecular weight is 362 g/mol. The van der Waals surface area contributed by atoms with Crippen LogP contribution in [0, 0.1) is 5.92 Å². The van der Waals surface area contributed by atoms with Crippen molar-refractivity contribution in [1.29, 1.82) is 0 Å². The summed E-state index contributed by atoms with van der Waals surface area (Å²) < 4.78 is 5.51. The molecule has 6 nitrogen and oxygen atoms in total. The van der Waals surface area contributed by atoms with E-state index in [0.29, 0.717) is 31.1 Å². The van der Waals surface area contributed by atoms with Crippen LogP contribution in [0.1, 0.15) is 51.4 Å². The van der Waals surface area contributed by atoms with Gasteiger partial charge in [0.2, 0.25) is 0 Å². The first-order valence-electron chi connectivity index (χ1n) is 9.15. The van der Waals surface area contributed by atoms with Gasteiger partial charge in [0.15, 0.2) is 0 Å². The molecule has 1 amide bonds. The fourth-order valence-corrected chi connectivity index (χ4v) is 3.32. The molecule has 0 radical (unpaired) electrons. The van der Waals surface area contributed by atoms with Gasteiger partial charge >= 0.3 is 12.1 Å². The Morgan fingerprint density at radius 3 is 2.46 bits per heavy atom. The number of carbonyl (C=O) groups excluding carboxylic acids is 1. The van der Waals surface area contributed by atoms with E-state index in [2.05, 4.69) is 18.7 Å². The van der Waals surface area contributed by atoms with E-state index < -0.39 is 11.6 Å². The minimum absolute atomic E-state index is 0.0526. The van der Waals surface area contributed by atoms with Crippen LogP contribution in [0.15, 0.2) is 24.3 Å². The molecule has 1 saturated heterocycles. The number of benzene rings is 1. The number of hydrogen-bond donors (Lipinski definition) is 1. The number of aromatic carboxylic acids is 1. The highest BCUT2D eigenvalue weighted by atomic mass is 16.6. The molecule has 1 fully saturated rings. The lowest BCUT2D eigenvalue weighted by molar-refractivity contribution is 0.0208. The molecule has 0 unspecified atom stereocenters. The van der Waals surface area contributed by atoms with Gasteiger partial charge in [-0.3, -0.25) is 0 Å². The third kappa shape index (κ3) is 5.13. The molecule has 0 spiro atoms. The van der Waals surface area contributed by atoms with Crippen molar-refractivity contribution < 1.29 is 19.4 Å². The molecule has 1 aliphatic heterocycles. The number of piperazine rings is 1. The van der Waals surface area contributed by atoms with E-state index in [1.54, 1.807) is 17.0 Å². The first-order valence-corrected chi connectivity index (χ1v) is 9.15. The molecule has 1 heterocycles. The lowest BCUT2D eigenvalue weighted by Crippen LogP contribution is -2.56. The maximum atomic E-state index is 12.5. The summed E-state index contributed by atoms with van der Waals surface area (Å²) in [6.45, 7) is 11.5. The van der Waals surface area contributed by atoms with Gasteiger partial charge in [0.1, 0.15) is 5.60 Å². The molecule has 0 aliphatic carbocycles. The molecule has 26 heavy (non-hydrogen) atoms. The van der Waals surface area contributed by atoms with E-state index in [-0.39, 0.29) is 12.1 Å².